The second-order valence-electron chi connectivity index (χ2n) is 9.40. The van der Waals surface area contributed by atoms with Crippen LogP contribution >= 0.6 is 0 Å². The molecule has 0 radical (unpaired) electrons. The quantitative estimate of drug-likeness (QED) is 0.291. The van der Waals surface area contributed by atoms with Crippen molar-refractivity contribution in [2.45, 2.75) is 32.7 Å². The van der Waals surface area contributed by atoms with Crippen molar-refractivity contribution in [3.8, 4) is 17.2 Å². The van der Waals surface area contributed by atoms with Crippen molar-refractivity contribution in [2.24, 2.45) is 0 Å². The summed E-state index contributed by atoms with van der Waals surface area (Å²) in [6.07, 6.45) is -1.39. The number of carbonyl (C=O) groups excluding carboxylic acids is 3. The molecular formula is C27H31N7O8. The number of rotatable bonds is 10. The summed E-state index contributed by atoms with van der Waals surface area (Å²) in [5, 5.41) is 16.1. The minimum atomic E-state index is -1.18. The predicted octanol–water partition coefficient (Wildman–Crippen LogP) is 1.13. The van der Waals surface area contributed by atoms with Gasteiger partial charge in [-0.2, -0.15) is 0 Å². The Morgan fingerprint density at radius 2 is 1.79 bits per heavy atom. The Morgan fingerprint density at radius 3 is 2.40 bits per heavy atom. The van der Waals surface area contributed by atoms with E-state index in [1.54, 1.807) is 44.2 Å². The van der Waals surface area contributed by atoms with Gasteiger partial charge in [-0.3, -0.25) is 24.3 Å². The fraction of sp³-hybridized carbons (Fsp3) is 0.370. The van der Waals surface area contributed by atoms with Gasteiger partial charge >= 0.3 is 12.1 Å². The average Bonchev–Trinajstić information content (AvgIpc) is 3.32. The highest BCUT2D eigenvalue weighted by atomic mass is 16.8. The van der Waals surface area contributed by atoms with E-state index in [0.717, 1.165) is 0 Å². The summed E-state index contributed by atoms with van der Waals surface area (Å²) in [7, 11) is 0. The Kier molecular flexibility index (Phi) is 9.65. The molecule has 1 saturated heterocycles. The number of carboxylic acid groups (broad SMARTS) is 1. The zero-order valence-electron chi connectivity index (χ0n) is 23.1. The molecule has 222 valence electrons. The number of carbonyl (C=O) groups is 4. The smallest absolute Gasteiger partial charge is 0.481 e. The van der Waals surface area contributed by atoms with Gasteiger partial charge in [-0.15, -0.1) is 5.06 Å². The molecule has 0 spiro atoms. The van der Waals surface area contributed by atoms with Crippen LogP contribution < -0.4 is 10.9 Å². The molecule has 0 aliphatic carbocycles. The molecule has 1 aliphatic heterocycles. The molecule has 1 aromatic carbocycles. The molecule has 2 amide bonds. The van der Waals surface area contributed by atoms with Crippen LogP contribution in [-0.4, -0.2) is 97.6 Å². The van der Waals surface area contributed by atoms with Crippen molar-refractivity contribution in [3.05, 3.63) is 64.2 Å². The zero-order valence-corrected chi connectivity index (χ0v) is 23.1. The lowest BCUT2D eigenvalue weighted by Gasteiger charge is -2.35. The van der Waals surface area contributed by atoms with Gasteiger partial charge < -0.3 is 24.9 Å². The molecule has 3 heterocycles. The van der Waals surface area contributed by atoms with Crippen molar-refractivity contribution in [2.75, 3.05) is 32.8 Å². The maximum atomic E-state index is 13.5. The summed E-state index contributed by atoms with van der Waals surface area (Å²) in [6.45, 7) is 4.24. The molecule has 0 unspecified atom stereocenters. The van der Waals surface area contributed by atoms with Gasteiger partial charge in [0.05, 0.1) is 19.7 Å². The lowest BCUT2D eigenvalue weighted by molar-refractivity contribution is -0.157. The summed E-state index contributed by atoms with van der Waals surface area (Å²) in [5.74, 6) is -2.09. The number of piperazine rings is 1. The molecule has 0 bridgehead atoms. The van der Waals surface area contributed by atoms with Crippen LogP contribution in [0.4, 0.5) is 4.79 Å². The standard InChI is InChI=1S/C27H31N7O8/c1-3-41-27(40)42-33-13-11-32(12-14-33)26(39)19(9-10-23(36)37)29-25(38)20-16-21(34-22(35)15-17(2)31-34)30-24(28-20)18-7-5-4-6-8-18/h4-8,15-16,19,31H,3,9-14H2,1-2H3,(H,29,38)(H,36,37)/t19-/m0/s1. The average molecular weight is 582 g/mol. The Balaban J connectivity index is 1.56. The van der Waals surface area contributed by atoms with E-state index in [0.29, 0.717) is 11.3 Å². The van der Waals surface area contributed by atoms with Gasteiger partial charge in [-0.1, -0.05) is 30.3 Å². The molecule has 0 saturated carbocycles. The van der Waals surface area contributed by atoms with Crippen molar-refractivity contribution in [1.29, 1.82) is 0 Å². The van der Waals surface area contributed by atoms with Crippen molar-refractivity contribution in [3.63, 3.8) is 0 Å². The van der Waals surface area contributed by atoms with Crippen LogP contribution in [0.2, 0.25) is 0 Å². The van der Waals surface area contributed by atoms with Gasteiger partial charge in [0, 0.05) is 42.9 Å². The molecule has 1 fully saturated rings. The number of aromatic amines is 1. The molecule has 3 N–H and O–H groups in total. The Morgan fingerprint density at radius 1 is 1.07 bits per heavy atom. The maximum Gasteiger partial charge on any atom is 0.527 e. The second kappa shape index (κ2) is 13.5. The molecule has 1 atom stereocenters. The Bertz CT molecular complexity index is 1500. The van der Waals surface area contributed by atoms with E-state index in [-0.39, 0.29) is 63.0 Å². The van der Waals surface area contributed by atoms with Gasteiger partial charge in [0.1, 0.15) is 11.7 Å². The number of carboxylic acids is 1. The first kappa shape index (κ1) is 29.9. The highest BCUT2D eigenvalue weighted by Crippen LogP contribution is 2.18. The van der Waals surface area contributed by atoms with Crippen molar-refractivity contribution < 1.29 is 33.9 Å². The summed E-state index contributed by atoms with van der Waals surface area (Å²) in [4.78, 5) is 77.7. The topological polar surface area (TPSA) is 189 Å². The van der Waals surface area contributed by atoms with Gasteiger partial charge in [-0.25, -0.2) is 19.4 Å². The summed E-state index contributed by atoms with van der Waals surface area (Å²) in [6, 6.07) is 10.3. The lowest BCUT2D eigenvalue weighted by Crippen LogP contribution is -2.55. The van der Waals surface area contributed by atoms with E-state index in [4.69, 9.17) is 9.57 Å². The summed E-state index contributed by atoms with van der Waals surface area (Å²) in [5.41, 5.74) is 0.653. The summed E-state index contributed by atoms with van der Waals surface area (Å²) >= 11 is 0. The van der Waals surface area contributed by atoms with Crippen LogP contribution in [0.3, 0.4) is 0 Å². The minimum absolute atomic E-state index is 0.109. The third kappa shape index (κ3) is 7.57. The van der Waals surface area contributed by atoms with Crippen LogP contribution in [0.15, 0.2) is 47.3 Å². The van der Waals surface area contributed by atoms with E-state index in [9.17, 15) is 29.1 Å². The second-order valence-corrected chi connectivity index (χ2v) is 9.40. The zero-order chi connectivity index (χ0) is 30.2. The predicted molar refractivity (Wildman–Crippen MR) is 147 cm³/mol. The number of aryl methyl sites for hydroxylation is 1. The van der Waals surface area contributed by atoms with Crippen molar-refractivity contribution >= 4 is 23.9 Å². The number of aromatic nitrogens is 4. The normalized spacial score (nSPS) is 14.2. The highest BCUT2D eigenvalue weighted by Gasteiger charge is 2.31. The fourth-order valence-corrected chi connectivity index (χ4v) is 4.29. The Hall–Kier alpha value is -5.05. The van der Waals surface area contributed by atoms with E-state index < -0.39 is 35.5 Å². The lowest BCUT2D eigenvalue weighted by atomic mass is 10.1. The molecule has 15 nitrogen and oxygen atoms in total. The third-order valence-electron chi connectivity index (χ3n) is 6.32. The van der Waals surface area contributed by atoms with E-state index in [1.165, 1.54) is 26.8 Å². The van der Waals surface area contributed by atoms with Crippen LogP contribution in [0.25, 0.3) is 17.2 Å². The minimum Gasteiger partial charge on any atom is -0.481 e. The van der Waals surface area contributed by atoms with Gasteiger partial charge in [0.15, 0.2) is 11.6 Å². The first-order valence-electron chi connectivity index (χ1n) is 13.3. The molecule has 42 heavy (non-hydrogen) atoms. The number of amides is 2. The number of ether oxygens (including phenoxy) is 1. The molecule has 15 heteroatoms. The van der Waals surface area contributed by atoms with Crippen LogP contribution in [-0.2, 0) is 19.2 Å². The molecule has 3 aromatic rings. The number of hydroxylamine groups is 2. The highest BCUT2D eigenvalue weighted by molar-refractivity contribution is 5.97. The van der Waals surface area contributed by atoms with Gasteiger partial charge in [0.25, 0.3) is 11.5 Å². The first-order valence-corrected chi connectivity index (χ1v) is 13.3. The van der Waals surface area contributed by atoms with Crippen LogP contribution in [0.1, 0.15) is 35.9 Å². The third-order valence-corrected chi connectivity index (χ3v) is 6.32. The number of nitrogens with one attached hydrogen (secondary N) is 2. The largest absolute Gasteiger partial charge is 0.527 e. The number of aliphatic carboxylic acids is 1. The number of nitrogens with zero attached hydrogens (tertiary/aromatic N) is 5. The fourth-order valence-electron chi connectivity index (χ4n) is 4.29. The number of hydrogen-bond donors (Lipinski definition) is 3. The molecule has 4 rings (SSSR count). The monoisotopic (exact) mass is 581 g/mol. The summed E-state index contributed by atoms with van der Waals surface area (Å²) < 4.78 is 5.93. The first-order chi connectivity index (χ1) is 20.1. The molecular weight excluding hydrogens is 550 g/mol. The van der Waals surface area contributed by atoms with E-state index in [1.807, 2.05) is 0 Å². The molecule has 2 aromatic heterocycles. The van der Waals surface area contributed by atoms with Crippen molar-refractivity contribution in [1.82, 2.24) is 35.0 Å². The number of hydrogen-bond acceptors (Lipinski definition) is 10. The van der Waals surface area contributed by atoms with E-state index >= 15 is 0 Å². The van der Waals surface area contributed by atoms with E-state index in [2.05, 4.69) is 20.4 Å². The SMILES string of the molecule is CCOC(=O)ON1CCN(C(=O)[C@H](CCC(=O)O)NC(=O)c2cc(-n3[nH]c(C)cc3=O)nc(-c3ccccc3)n2)CC1. The molecule has 1 aliphatic rings. The van der Waals surface area contributed by atoms with Gasteiger partial charge in [-0.05, 0) is 20.3 Å². The van der Waals surface area contributed by atoms with Crippen LogP contribution in [0.5, 0.6) is 0 Å². The van der Waals surface area contributed by atoms with Gasteiger partial charge in [0.2, 0.25) is 5.91 Å². The number of H-pyrrole nitrogens is 1. The Labute approximate surface area is 240 Å². The maximum absolute atomic E-state index is 13.5. The van der Waals surface area contributed by atoms with Crippen LogP contribution in [0, 0.1) is 6.92 Å². The number of benzene rings is 1.